The zero-order chi connectivity index (χ0) is 18.7. The second kappa shape index (κ2) is 8.57. The van der Waals surface area contributed by atoms with E-state index in [-0.39, 0.29) is 29.6 Å². The number of thioether (sulfide) groups is 1. The zero-order valence-electron chi connectivity index (χ0n) is 15.3. The summed E-state index contributed by atoms with van der Waals surface area (Å²) in [6, 6.07) is 3.28. The molecule has 3 atom stereocenters. The Balaban J connectivity index is 1.79. The van der Waals surface area contributed by atoms with Crippen LogP contribution in [0, 0.1) is 11.8 Å². The van der Waals surface area contributed by atoms with E-state index in [1.807, 2.05) is 23.8 Å². The monoisotopic (exact) mass is 394 g/mol. The summed E-state index contributed by atoms with van der Waals surface area (Å²) in [5, 5.41) is 1.98. The fourth-order valence-electron chi connectivity index (χ4n) is 4.06. The van der Waals surface area contributed by atoms with Crippen molar-refractivity contribution in [1.29, 1.82) is 0 Å². The Morgan fingerprint density at radius 1 is 1.31 bits per heavy atom. The van der Waals surface area contributed by atoms with Crippen LogP contribution in [0.2, 0.25) is 0 Å². The first-order valence-electron chi connectivity index (χ1n) is 9.17. The quantitative estimate of drug-likeness (QED) is 0.667. The van der Waals surface area contributed by atoms with E-state index in [1.165, 1.54) is 4.90 Å². The molecular formula is C19H26N2O3S2. The number of imide groups is 1. The molecule has 142 valence electrons. The van der Waals surface area contributed by atoms with E-state index in [1.54, 1.807) is 35.0 Å². The maximum absolute atomic E-state index is 13.1. The second-order valence-electron chi connectivity index (χ2n) is 7.11. The largest absolute Gasteiger partial charge is 0.339 e. The van der Waals surface area contributed by atoms with Gasteiger partial charge in [0.1, 0.15) is 6.04 Å². The third-order valence-corrected chi connectivity index (χ3v) is 6.92. The zero-order valence-corrected chi connectivity index (χ0v) is 17.0. The number of thiophene rings is 1. The normalized spacial score (nSPS) is 23.8. The Morgan fingerprint density at radius 3 is 2.50 bits per heavy atom. The van der Waals surface area contributed by atoms with E-state index in [4.69, 9.17) is 0 Å². The van der Waals surface area contributed by atoms with E-state index in [0.717, 1.165) is 36.3 Å². The maximum atomic E-state index is 13.1. The molecule has 1 aliphatic carbocycles. The van der Waals surface area contributed by atoms with Gasteiger partial charge >= 0.3 is 0 Å². The van der Waals surface area contributed by atoms with Crippen molar-refractivity contribution in [3.63, 3.8) is 0 Å². The average molecular weight is 395 g/mol. The van der Waals surface area contributed by atoms with Crippen molar-refractivity contribution in [3.8, 4) is 0 Å². The summed E-state index contributed by atoms with van der Waals surface area (Å²) in [6.07, 6.45) is 6.04. The van der Waals surface area contributed by atoms with Gasteiger partial charge in [0.25, 0.3) is 0 Å². The third-order valence-electron chi connectivity index (χ3n) is 5.42. The number of carbonyl (C=O) groups is 3. The van der Waals surface area contributed by atoms with E-state index in [0.29, 0.717) is 13.0 Å². The summed E-state index contributed by atoms with van der Waals surface area (Å²) in [6.45, 7) is 0.509. The van der Waals surface area contributed by atoms with Crippen molar-refractivity contribution in [3.05, 3.63) is 22.4 Å². The second-order valence-corrected chi connectivity index (χ2v) is 9.13. The van der Waals surface area contributed by atoms with Gasteiger partial charge in [0.2, 0.25) is 17.7 Å². The summed E-state index contributed by atoms with van der Waals surface area (Å²) in [5.74, 6) is -0.0395. The first-order valence-corrected chi connectivity index (χ1v) is 11.4. The minimum absolute atomic E-state index is 0.122. The van der Waals surface area contributed by atoms with Crippen molar-refractivity contribution in [2.45, 2.75) is 44.7 Å². The van der Waals surface area contributed by atoms with Gasteiger partial charge in [0.05, 0.1) is 18.4 Å². The summed E-state index contributed by atoms with van der Waals surface area (Å²) >= 11 is 3.24. The molecule has 1 aromatic heterocycles. The van der Waals surface area contributed by atoms with Gasteiger partial charge in [-0.05, 0) is 42.7 Å². The van der Waals surface area contributed by atoms with Crippen LogP contribution in [0.3, 0.4) is 0 Å². The Labute approximate surface area is 163 Å². The van der Waals surface area contributed by atoms with Crippen LogP contribution in [-0.4, -0.2) is 52.6 Å². The van der Waals surface area contributed by atoms with Crippen molar-refractivity contribution < 1.29 is 14.4 Å². The molecule has 2 aliphatic rings. The van der Waals surface area contributed by atoms with Crippen LogP contribution in [0.25, 0.3) is 0 Å². The van der Waals surface area contributed by atoms with Crippen LogP contribution < -0.4 is 0 Å². The molecule has 0 spiro atoms. The van der Waals surface area contributed by atoms with Crippen LogP contribution in [0.5, 0.6) is 0 Å². The van der Waals surface area contributed by atoms with Crippen molar-refractivity contribution >= 4 is 40.8 Å². The van der Waals surface area contributed by atoms with Crippen LogP contribution in [0.15, 0.2) is 17.5 Å². The predicted molar refractivity (Wildman–Crippen MR) is 105 cm³/mol. The van der Waals surface area contributed by atoms with Gasteiger partial charge in [-0.25, -0.2) is 0 Å². The molecule has 0 aromatic carbocycles. The number of hydrogen-bond acceptors (Lipinski definition) is 5. The molecule has 0 N–H and O–H groups in total. The van der Waals surface area contributed by atoms with Gasteiger partial charge in [-0.1, -0.05) is 18.9 Å². The topological polar surface area (TPSA) is 57.7 Å². The van der Waals surface area contributed by atoms with Gasteiger partial charge in [0, 0.05) is 11.9 Å². The molecule has 1 aromatic rings. The number of likely N-dealkylation sites (tertiary alicyclic amines) is 1. The van der Waals surface area contributed by atoms with Crippen molar-refractivity contribution in [2.75, 3.05) is 19.1 Å². The molecule has 5 nitrogen and oxygen atoms in total. The van der Waals surface area contributed by atoms with Crippen molar-refractivity contribution in [1.82, 2.24) is 9.80 Å². The summed E-state index contributed by atoms with van der Waals surface area (Å²) in [4.78, 5) is 43.1. The molecule has 3 amide bonds. The number of nitrogens with zero attached hydrogens (tertiary/aromatic N) is 2. The lowest BCUT2D eigenvalue weighted by Gasteiger charge is -2.29. The highest BCUT2D eigenvalue weighted by Gasteiger charge is 2.51. The maximum Gasteiger partial charge on any atom is 0.245 e. The minimum Gasteiger partial charge on any atom is -0.339 e. The third kappa shape index (κ3) is 3.83. The Morgan fingerprint density at radius 2 is 1.96 bits per heavy atom. The molecule has 1 saturated heterocycles. The molecular weight excluding hydrogens is 368 g/mol. The lowest BCUT2D eigenvalue weighted by molar-refractivity contribution is -0.151. The molecule has 0 bridgehead atoms. The fraction of sp³-hybridized carbons (Fsp3) is 0.632. The number of likely N-dealkylation sites (N-methyl/N-ethyl adjacent to an activating group) is 1. The highest BCUT2D eigenvalue weighted by molar-refractivity contribution is 7.98. The highest BCUT2D eigenvalue weighted by atomic mass is 32.2. The molecule has 26 heavy (non-hydrogen) atoms. The Bertz CT molecular complexity index is 638. The lowest BCUT2D eigenvalue weighted by atomic mass is 9.81. The SMILES string of the molecule is CSCCC(C(=O)N(C)Cc1cccs1)N1C(=O)C2CCCCC2C1=O. The first-order chi connectivity index (χ1) is 12.5. The summed E-state index contributed by atoms with van der Waals surface area (Å²) in [5.41, 5.74) is 0. The van der Waals surface area contributed by atoms with Gasteiger partial charge in [-0.3, -0.25) is 19.3 Å². The van der Waals surface area contributed by atoms with Gasteiger partial charge < -0.3 is 4.90 Å². The average Bonchev–Trinajstić information content (AvgIpc) is 3.24. The van der Waals surface area contributed by atoms with Crippen LogP contribution in [-0.2, 0) is 20.9 Å². The van der Waals surface area contributed by atoms with Crippen LogP contribution in [0.1, 0.15) is 37.0 Å². The molecule has 1 aliphatic heterocycles. The van der Waals surface area contributed by atoms with Gasteiger partial charge in [-0.2, -0.15) is 11.8 Å². The standard InChI is InChI=1S/C19H26N2O3S2/c1-20(12-13-6-5-10-26-13)19(24)16(9-11-25-2)21-17(22)14-7-3-4-8-15(14)18(21)23/h5-6,10,14-16H,3-4,7-9,11-12H2,1-2H3. The van der Waals surface area contributed by atoms with Gasteiger partial charge in [-0.15, -0.1) is 11.3 Å². The van der Waals surface area contributed by atoms with Crippen molar-refractivity contribution in [2.24, 2.45) is 11.8 Å². The molecule has 2 fully saturated rings. The molecule has 1 saturated carbocycles. The highest BCUT2D eigenvalue weighted by Crippen LogP contribution is 2.39. The van der Waals surface area contributed by atoms with E-state index in [9.17, 15) is 14.4 Å². The number of hydrogen-bond donors (Lipinski definition) is 0. The molecule has 7 heteroatoms. The van der Waals surface area contributed by atoms with E-state index < -0.39 is 6.04 Å². The predicted octanol–water partition coefficient (Wildman–Crippen LogP) is 3.00. The van der Waals surface area contributed by atoms with Crippen LogP contribution >= 0.6 is 23.1 Å². The number of amides is 3. The lowest BCUT2D eigenvalue weighted by Crippen LogP contribution is -2.50. The summed E-state index contributed by atoms with van der Waals surface area (Å²) in [7, 11) is 1.76. The van der Waals surface area contributed by atoms with E-state index >= 15 is 0 Å². The Kier molecular flexibility index (Phi) is 6.40. The number of fused-ring (bicyclic) bond motifs is 1. The molecule has 2 heterocycles. The molecule has 3 unspecified atom stereocenters. The van der Waals surface area contributed by atoms with E-state index in [2.05, 4.69) is 0 Å². The smallest absolute Gasteiger partial charge is 0.245 e. The first kappa shape index (κ1) is 19.4. The number of rotatable bonds is 7. The number of carbonyl (C=O) groups excluding carboxylic acids is 3. The Hall–Kier alpha value is -1.34. The van der Waals surface area contributed by atoms with Gasteiger partial charge in [0.15, 0.2) is 0 Å². The fourth-order valence-corrected chi connectivity index (χ4v) is 5.27. The minimum atomic E-state index is -0.669. The molecule has 0 radical (unpaired) electrons. The summed E-state index contributed by atoms with van der Waals surface area (Å²) < 4.78 is 0. The molecule has 3 rings (SSSR count). The van der Waals surface area contributed by atoms with Crippen LogP contribution in [0.4, 0.5) is 0 Å².